The lowest BCUT2D eigenvalue weighted by molar-refractivity contribution is -0.129. The molecule has 4 nitrogen and oxygen atoms in total. The summed E-state index contributed by atoms with van der Waals surface area (Å²) in [5, 5.41) is 0. The molecule has 0 bridgehead atoms. The highest BCUT2D eigenvalue weighted by Crippen LogP contribution is 2.08. The van der Waals surface area contributed by atoms with Crippen LogP contribution in [0.25, 0.3) is 0 Å². The third kappa shape index (κ3) is 13.0. The summed E-state index contributed by atoms with van der Waals surface area (Å²) in [5.74, 6) is 0.157. The first-order valence-corrected chi connectivity index (χ1v) is 6.16. The van der Waals surface area contributed by atoms with Gasteiger partial charge in [0.25, 0.3) is 6.47 Å². The normalized spacial score (nSPS) is 11.2. The fourth-order valence-electron chi connectivity index (χ4n) is 1.28. The summed E-state index contributed by atoms with van der Waals surface area (Å²) < 4.78 is 9.96. The van der Waals surface area contributed by atoms with Crippen molar-refractivity contribution in [3.05, 3.63) is 0 Å². The van der Waals surface area contributed by atoms with Gasteiger partial charge in [-0.25, -0.2) is 0 Å². The van der Waals surface area contributed by atoms with Crippen LogP contribution in [-0.4, -0.2) is 31.1 Å². The molecule has 0 unspecified atom stereocenters. The molecule has 0 aromatic rings. The molecule has 0 aliphatic heterocycles. The summed E-state index contributed by atoms with van der Waals surface area (Å²) in [6, 6.07) is 0. The quantitative estimate of drug-likeness (QED) is 0.437. The van der Waals surface area contributed by atoms with Gasteiger partial charge >= 0.3 is 0 Å². The molecule has 0 spiro atoms. The Labute approximate surface area is 104 Å². The average Bonchev–Trinajstić information content (AvgIpc) is 2.24. The minimum Gasteiger partial charge on any atom is -0.468 e. The lowest BCUT2D eigenvalue weighted by atomic mass is 10.1. The Hall–Kier alpha value is -0.900. The SMILES string of the molecule is CC(C)(C)OCC(=O)CCCCCCOC=O. The van der Waals surface area contributed by atoms with E-state index in [-0.39, 0.29) is 18.0 Å². The molecule has 0 N–H and O–H groups in total. The molecule has 0 aliphatic carbocycles. The van der Waals surface area contributed by atoms with Crippen LogP contribution >= 0.6 is 0 Å². The monoisotopic (exact) mass is 244 g/mol. The van der Waals surface area contributed by atoms with E-state index in [0.29, 0.717) is 19.5 Å². The van der Waals surface area contributed by atoms with E-state index in [1.807, 2.05) is 20.8 Å². The van der Waals surface area contributed by atoms with Gasteiger partial charge in [-0.2, -0.15) is 0 Å². The lowest BCUT2D eigenvalue weighted by Crippen LogP contribution is -2.23. The second-order valence-electron chi connectivity index (χ2n) is 5.07. The Kier molecular flexibility index (Phi) is 8.68. The van der Waals surface area contributed by atoms with Crippen molar-refractivity contribution in [2.75, 3.05) is 13.2 Å². The van der Waals surface area contributed by atoms with E-state index in [4.69, 9.17) is 4.74 Å². The Morgan fingerprint density at radius 1 is 1.12 bits per heavy atom. The number of Topliss-reactive ketones (excluding diaryl/α,β-unsaturated/α-hetero) is 1. The molecule has 0 saturated heterocycles. The molecule has 4 heteroatoms. The number of carbonyl (C=O) groups excluding carboxylic acids is 2. The van der Waals surface area contributed by atoms with E-state index in [1.165, 1.54) is 0 Å². The average molecular weight is 244 g/mol. The second kappa shape index (κ2) is 9.16. The molecule has 0 fully saturated rings. The van der Waals surface area contributed by atoms with Crippen LogP contribution < -0.4 is 0 Å². The van der Waals surface area contributed by atoms with E-state index >= 15 is 0 Å². The molecular formula is C13H24O4. The van der Waals surface area contributed by atoms with Gasteiger partial charge in [0.2, 0.25) is 0 Å². The smallest absolute Gasteiger partial charge is 0.293 e. The molecule has 0 atom stereocenters. The standard InChI is InChI=1S/C13H24O4/c1-13(2,3)17-10-12(15)8-6-4-5-7-9-16-11-14/h11H,4-10H2,1-3H3. The molecule has 0 aromatic carbocycles. The van der Waals surface area contributed by atoms with Crippen LogP contribution in [0.4, 0.5) is 0 Å². The van der Waals surface area contributed by atoms with Crippen molar-refractivity contribution < 1.29 is 19.1 Å². The van der Waals surface area contributed by atoms with Crippen molar-refractivity contribution in [1.29, 1.82) is 0 Å². The highest BCUT2D eigenvalue weighted by molar-refractivity contribution is 5.79. The van der Waals surface area contributed by atoms with Gasteiger partial charge in [0.15, 0.2) is 5.78 Å². The Balaban J connectivity index is 3.31. The van der Waals surface area contributed by atoms with Gasteiger partial charge in [-0.15, -0.1) is 0 Å². The van der Waals surface area contributed by atoms with E-state index < -0.39 is 0 Å². The van der Waals surface area contributed by atoms with Crippen molar-refractivity contribution >= 4 is 12.3 Å². The molecule has 0 aromatic heterocycles. The molecule has 0 aliphatic rings. The van der Waals surface area contributed by atoms with E-state index in [9.17, 15) is 9.59 Å². The zero-order chi connectivity index (χ0) is 13.1. The number of carbonyl (C=O) groups is 2. The van der Waals surface area contributed by atoms with Gasteiger partial charge in [-0.05, 0) is 33.6 Å². The number of ketones is 1. The van der Waals surface area contributed by atoms with Crippen LogP contribution in [0.2, 0.25) is 0 Å². The van der Waals surface area contributed by atoms with Gasteiger partial charge in [0, 0.05) is 6.42 Å². The summed E-state index contributed by atoms with van der Waals surface area (Å²) in [5.41, 5.74) is -0.248. The number of hydrogen-bond donors (Lipinski definition) is 0. The molecule has 0 amide bonds. The van der Waals surface area contributed by atoms with Crippen LogP contribution in [0.1, 0.15) is 52.9 Å². The highest BCUT2D eigenvalue weighted by Gasteiger charge is 2.12. The maximum Gasteiger partial charge on any atom is 0.293 e. The highest BCUT2D eigenvalue weighted by atomic mass is 16.5. The predicted octanol–water partition coefficient (Wildman–Crippen LogP) is 2.49. The fourth-order valence-corrected chi connectivity index (χ4v) is 1.28. The van der Waals surface area contributed by atoms with Crippen molar-refractivity contribution in [3.63, 3.8) is 0 Å². The zero-order valence-corrected chi connectivity index (χ0v) is 11.2. The first kappa shape index (κ1) is 16.1. The molecule has 0 rings (SSSR count). The maximum absolute atomic E-state index is 11.4. The second-order valence-corrected chi connectivity index (χ2v) is 5.07. The van der Waals surface area contributed by atoms with Crippen LogP contribution in [0, 0.1) is 0 Å². The van der Waals surface area contributed by atoms with Gasteiger partial charge in [0.1, 0.15) is 6.61 Å². The third-order valence-corrected chi connectivity index (χ3v) is 2.20. The molecule has 0 heterocycles. The Morgan fingerprint density at radius 3 is 2.35 bits per heavy atom. The van der Waals surface area contributed by atoms with Crippen LogP contribution in [0.3, 0.4) is 0 Å². The lowest BCUT2D eigenvalue weighted by Gasteiger charge is -2.18. The van der Waals surface area contributed by atoms with Gasteiger partial charge < -0.3 is 9.47 Å². The zero-order valence-electron chi connectivity index (χ0n) is 11.2. The first-order valence-electron chi connectivity index (χ1n) is 6.16. The third-order valence-electron chi connectivity index (χ3n) is 2.20. The number of rotatable bonds is 10. The minimum atomic E-state index is -0.248. The largest absolute Gasteiger partial charge is 0.468 e. The Morgan fingerprint density at radius 2 is 1.76 bits per heavy atom. The summed E-state index contributed by atoms with van der Waals surface area (Å²) in [6.45, 7) is 6.96. The van der Waals surface area contributed by atoms with Crippen molar-refractivity contribution in [2.45, 2.75) is 58.5 Å². The van der Waals surface area contributed by atoms with Gasteiger partial charge in [0.05, 0.1) is 12.2 Å². The van der Waals surface area contributed by atoms with Gasteiger partial charge in [-0.1, -0.05) is 12.8 Å². The number of ether oxygens (including phenoxy) is 2. The van der Waals surface area contributed by atoms with E-state index in [2.05, 4.69) is 4.74 Å². The fraction of sp³-hybridized carbons (Fsp3) is 0.846. The van der Waals surface area contributed by atoms with Crippen molar-refractivity contribution in [2.24, 2.45) is 0 Å². The summed E-state index contributed by atoms with van der Waals surface area (Å²) in [6.07, 6.45) is 4.30. The van der Waals surface area contributed by atoms with Crippen LogP contribution in [-0.2, 0) is 19.1 Å². The minimum absolute atomic E-state index is 0.157. The van der Waals surface area contributed by atoms with Crippen molar-refractivity contribution in [1.82, 2.24) is 0 Å². The summed E-state index contributed by atoms with van der Waals surface area (Å²) in [7, 11) is 0. The van der Waals surface area contributed by atoms with Crippen molar-refractivity contribution in [3.8, 4) is 0 Å². The molecule has 0 radical (unpaired) electrons. The maximum atomic E-state index is 11.4. The van der Waals surface area contributed by atoms with Gasteiger partial charge in [-0.3, -0.25) is 9.59 Å². The summed E-state index contributed by atoms with van der Waals surface area (Å²) >= 11 is 0. The van der Waals surface area contributed by atoms with Crippen LogP contribution in [0.15, 0.2) is 0 Å². The molecule has 17 heavy (non-hydrogen) atoms. The summed E-state index contributed by atoms with van der Waals surface area (Å²) in [4.78, 5) is 21.3. The molecule has 100 valence electrons. The Bertz CT molecular complexity index is 218. The predicted molar refractivity (Wildman–Crippen MR) is 65.8 cm³/mol. The molecule has 0 saturated carbocycles. The van der Waals surface area contributed by atoms with E-state index in [1.54, 1.807) is 0 Å². The number of unbranched alkanes of at least 4 members (excludes halogenated alkanes) is 3. The molecular weight excluding hydrogens is 220 g/mol. The topological polar surface area (TPSA) is 52.6 Å². The van der Waals surface area contributed by atoms with Crippen LogP contribution in [0.5, 0.6) is 0 Å². The van der Waals surface area contributed by atoms with E-state index in [0.717, 1.165) is 25.7 Å². The first-order chi connectivity index (χ1) is 7.95. The number of hydrogen-bond acceptors (Lipinski definition) is 4.